The minimum Gasteiger partial charge on any atom is -0.441 e. The normalized spacial score (nSPS) is 20.2. The molecule has 2 aromatic rings. The molecule has 144 valence electrons. The summed E-state index contributed by atoms with van der Waals surface area (Å²) in [6, 6.07) is 11.5. The highest BCUT2D eigenvalue weighted by Gasteiger charge is 2.48. The fraction of sp³-hybridized carbons (Fsp3) is 0.421. The lowest BCUT2D eigenvalue weighted by Crippen LogP contribution is -2.48. The largest absolute Gasteiger partial charge is 0.441 e. The monoisotopic (exact) mass is 406 g/mol. The number of thiophene rings is 1. The summed E-state index contributed by atoms with van der Waals surface area (Å²) in [5.41, 5.74) is 1.66. The van der Waals surface area contributed by atoms with E-state index in [1.54, 1.807) is 22.4 Å². The molecule has 27 heavy (non-hydrogen) atoms. The first kappa shape index (κ1) is 18.5. The van der Waals surface area contributed by atoms with Crippen LogP contribution in [0.25, 0.3) is 0 Å². The molecule has 1 amide bonds. The topological polar surface area (TPSA) is 66.9 Å². The third-order valence-electron chi connectivity index (χ3n) is 5.26. The molecule has 0 bridgehead atoms. The third kappa shape index (κ3) is 3.61. The summed E-state index contributed by atoms with van der Waals surface area (Å²) < 4.78 is 32.9. The van der Waals surface area contributed by atoms with Gasteiger partial charge in [0.25, 0.3) is 10.0 Å². The van der Waals surface area contributed by atoms with Gasteiger partial charge in [0.1, 0.15) is 9.81 Å². The number of sulfonamides is 1. The second-order valence-electron chi connectivity index (χ2n) is 7.23. The Morgan fingerprint density at radius 2 is 1.85 bits per heavy atom. The maximum absolute atomic E-state index is 12.7. The van der Waals surface area contributed by atoms with Crippen LogP contribution in [0.3, 0.4) is 0 Å². The third-order valence-corrected chi connectivity index (χ3v) is 8.53. The van der Waals surface area contributed by atoms with Crippen LogP contribution in [0.4, 0.5) is 4.79 Å². The van der Waals surface area contributed by atoms with Gasteiger partial charge in [-0.15, -0.1) is 11.3 Å². The van der Waals surface area contributed by atoms with Crippen LogP contribution in [0.15, 0.2) is 46.0 Å². The molecular formula is C19H22N2O4S2. The molecular weight excluding hydrogens is 384 g/mol. The standard InChI is InChI=1S/C19H22N2O4S2/c1-15-4-6-16(7-5-15)13-20-14-19(25-18(20)22)8-10-21(11-9-19)27(23,24)17-3-2-12-26-17/h2-7,12H,8-11,13-14H2,1H3. The van der Waals surface area contributed by atoms with Gasteiger partial charge < -0.3 is 4.74 Å². The van der Waals surface area contributed by atoms with Crippen molar-refractivity contribution in [2.75, 3.05) is 19.6 Å². The highest BCUT2D eigenvalue weighted by molar-refractivity contribution is 7.91. The van der Waals surface area contributed by atoms with E-state index in [0.717, 1.165) is 5.56 Å². The summed E-state index contributed by atoms with van der Waals surface area (Å²) in [7, 11) is -3.45. The van der Waals surface area contributed by atoms with Crippen LogP contribution in [0.5, 0.6) is 0 Å². The molecule has 0 unspecified atom stereocenters. The Kier molecular flexibility index (Phi) is 4.73. The Labute approximate surface area is 163 Å². The zero-order chi connectivity index (χ0) is 19.1. The van der Waals surface area contributed by atoms with Gasteiger partial charge in [-0.1, -0.05) is 35.9 Å². The van der Waals surface area contributed by atoms with E-state index in [4.69, 9.17) is 4.74 Å². The van der Waals surface area contributed by atoms with E-state index in [2.05, 4.69) is 0 Å². The minimum absolute atomic E-state index is 0.315. The Balaban J connectivity index is 1.41. The number of hydrogen-bond acceptors (Lipinski definition) is 5. The van der Waals surface area contributed by atoms with Crippen molar-refractivity contribution in [2.24, 2.45) is 0 Å². The molecule has 8 heteroatoms. The number of rotatable bonds is 4. The lowest BCUT2D eigenvalue weighted by molar-refractivity contribution is 0.0172. The molecule has 1 spiro atoms. The van der Waals surface area contributed by atoms with Crippen LogP contribution in [0.2, 0.25) is 0 Å². The predicted molar refractivity (Wildman–Crippen MR) is 103 cm³/mol. The van der Waals surface area contributed by atoms with E-state index in [1.165, 1.54) is 21.2 Å². The lowest BCUT2D eigenvalue weighted by atomic mass is 9.92. The molecule has 4 rings (SSSR count). The van der Waals surface area contributed by atoms with Crippen molar-refractivity contribution in [3.8, 4) is 0 Å². The molecule has 1 aromatic heterocycles. The van der Waals surface area contributed by atoms with E-state index >= 15 is 0 Å². The second-order valence-corrected chi connectivity index (χ2v) is 10.3. The Bertz CT molecular complexity index is 915. The van der Waals surface area contributed by atoms with Gasteiger partial charge >= 0.3 is 6.09 Å². The van der Waals surface area contributed by atoms with Crippen molar-refractivity contribution in [3.63, 3.8) is 0 Å². The van der Waals surface area contributed by atoms with Gasteiger partial charge in [0.2, 0.25) is 0 Å². The number of benzene rings is 1. The molecule has 0 radical (unpaired) electrons. The van der Waals surface area contributed by atoms with Gasteiger partial charge in [0.05, 0.1) is 6.54 Å². The van der Waals surface area contributed by atoms with E-state index in [-0.39, 0.29) is 6.09 Å². The fourth-order valence-corrected chi connectivity index (χ4v) is 6.25. The van der Waals surface area contributed by atoms with Crippen molar-refractivity contribution in [1.82, 2.24) is 9.21 Å². The zero-order valence-corrected chi connectivity index (χ0v) is 16.8. The number of ether oxygens (including phenoxy) is 1. The number of amides is 1. The average Bonchev–Trinajstić information content (AvgIpc) is 3.27. The SMILES string of the molecule is Cc1ccc(CN2CC3(CCN(S(=O)(=O)c4cccs4)CC3)OC2=O)cc1. The minimum atomic E-state index is -3.45. The predicted octanol–water partition coefficient (Wildman–Crippen LogP) is 3.23. The maximum Gasteiger partial charge on any atom is 0.410 e. The molecule has 0 atom stereocenters. The van der Waals surface area contributed by atoms with Crippen LogP contribution in [-0.4, -0.2) is 49.0 Å². The zero-order valence-electron chi connectivity index (χ0n) is 15.1. The van der Waals surface area contributed by atoms with Crippen LogP contribution in [-0.2, 0) is 21.3 Å². The highest BCUT2D eigenvalue weighted by Crippen LogP contribution is 2.36. The Morgan fingerprint density at radius 1 is 1.15 bits per heavy atom. The van der Waals surface area contributed by atoms with Gasteiger partial charge in [-0.3, -0.25) is 4.90 Å². The van der Waals surface area contributed by atoms with E-state index in [9.17, 15) is 13.2 Å². The lowest BCUT2D eigenvalue weighted by Gasteiger charge is -2.36. The number of carbonyl (C=O) groups excluding carboxylic acids is 1. The molecule has 2 saturated heterocycles. The second kappa shape index (κ2) is 6.92. The van der Waals surface area contributed by atoms with Gasteiger partial charge in [-0.05, 0) is 23.9 Å². The van der Waals surface area contributed by atoms with Crippen molar-refractivity contribution in [1.29, 1.82) is 0 Å². The Hall–Kier alpha value is -1.90. The van der Waals surface area contributed by atoms with Gasteiger partial charge in [0.15, 0.2) is 0 Å². The summed E-state index contributed by atoms with van der Waals surface area (Å²) in [6.45, 7) is 3.78. The molecule has 3 heterocycles. The first-order chi connectivity index (χ1) is 12.9. The van der Waals surface area contributed by atoms with E-state index in [0.29, 0.717) is 43.2 Å². The van der Waals surface area contributed by atoms with Gasteiger partial charge in [0, 0.05) is 32.5 Å². The van der Waals surface area contributed by atoms with Crippen LogP contribution in [0.1, 0.15) is 24.0 Å². The highest BCUT2D eigenvalue weighted by atomic mass is 32.2. The maximum atomic E-state index is 12.7. The molecule has 2 aliphatic rings. The van der Waals surface area contributed by atoms with Crippen molar-refractivity contribution in [2.45, 2.75) is 36.1 Å². The summed E-state index contributed by atoms with van der Waals surface area (Å²) in [5.74, 6) is 0. The molecule has 2 aliphatic heterocycles. The molecule has 0 aliphatic carbocycles. The number of nitrogens with zero attached hydrogens (tertiary/aromatic N) is 2. The first-order valence-electron chi connectivity index (χ1n) is 8.95. The molecule has 6 nitrogen and oxygen atoms in total. The van der Waals surface area contributed by atoms with Gasteiger partial charge in [-0.25, -0.2) is 13.2 Å². The van der Waals surface area contributed by atoms with Crippen LogP contribution in [0, 0.1) is 6.92 Å². The summed E-state index contributed by atoms with van der Waals surface area (Å²) in [5, 5.41) is 1.76. The van der Waals surface area contributed by atoms with Crippen LogP contribution >= 0.6 is 11.3 Å². The Morgan fingerprint density at radius 3 is 2.48 bits per heavy atom. The number of aryl methyl sites for hydroxylation is 1. The number of piperidine rings is 1. The summed E-state index contributed by atoms with van der Waals surface area (Å²) in [6.07, 6.45) is 0.728. The molecule has 2 fully saturated rings. The average molecular weight is 407 g/mol. The smallest absolute Gasteiger partial charge is 0.410 e. The fourth-order valence-electron chi connectivity index (χ4n) is 3.66. The molecule has 0 saturated carbocycles. The van der Waals surface area contributed by atoms with Crippen molar-refractivity contribution < 1.29 is 17.9 Å². The van der Waals surface area contributed by atoms with Crippen molar-refractivity contribution >= 4 is 27.5 Å². The van der Waals surface area contributed by atoms with E-state index < -0.39 is 15.6 Å². The first-order valence-corrected chi connectivity index (χ1v) is 11.3. The molecule has 0 N–H and O–H groups in total. The van der Waals surface area contributed by atoms with Crippen LogP contribution < -0.4 is 0 Å². The summed E-state index contributed by atoms with van der Waals surface area (Å²) >= 11 is 1.23. The quantitative estimate of drug-likeness (QED) is 0.782. The molecule has 1 aromatic carbocycles. The summed E-state index contributed by atoms with van der Waals surface area (Å²) in [4.78, 5) is 14.1. The number of carbonyl (C=O) groups is 1. The van der Waals surface area contributed by atoms with Crippen molar-refractivity contribution in [3.05, 3.63) is 52.9 Å². The van der Waals surface area contributed by atoms with Gasteiger partial charge in [-0.2, -0.15) is 4.31 Å². The van der Waals surface area contributed by atoms with E-state index in [1.807, 2.05) is 31.2 Å². The number of hydrogen-bond donors (Lipinski definition) is 0.